The van der Waals surface area contributed by atoms with E-state index in [0.717, 1.165) is 40.8 Å². The summed E-state index contributed by atoms with van der Waals surface area (Å²) in [6.07, 6.45) is 2.46. The van der Waals surface area contributed by atoms with Crippen LogP contribution in [0.25, 0.3) is 10.9 Å². The summed E-state index contributed by atoms with van der Waals surface area (Å²) in [5.41, 5.74) is 1.95. The Hall–Kier alpha value is -2.54. The van der Waals surface area contributed by atoms with Gasteiger partial charge in [0.2, 0.25) is 11.8 Å². The number of hydrogen-bond acceptors (Lipinski definition) is 4. The van der Waals surface area contributed by atoms with E-state index < -0.39 is 11.6 Å². The zero-order valence-electron chi connectivity index (χ0n) is 17.1. The van der Waals surface area contributed by atoms with Gasteiger partial charge in [-0.3, -0.25) is 9.59 Å². The molecule has 0 unspecified atom stereocenters. The van der Waals surface area contributed by atoms with Gasteiger partial charge >= 0.3 is 0 Å². The first-order chi connectivity index (χ1) is 13.8. The van der Waals surface area contributed by atoms with Gasteiger partial charge in [-0.25, -0.2) is 0 Å². The van der Waals surface area contributed by atoms with E-state index in [1.54, 1.807) is 30.8 Å². The first-order valence-electron chi connectivity index (χ1n) is 10.3. The number of H-pyrrole nitrogens is 1. The van der Waals surface area contributed by atoms with Crippen molar-refractivity contribution < 1.29 is 19.4 Å². The van der Waals surface area contributed by atoms with Crippen LogP contribution in [0, 0.1) is 0 Å². The van der Waals surface area contributed by atoms with Gasteiger partial charge in [-0.05, 0) is 44.4 Å². The van der Waals surface area contributed by atoms with Crippen LogP contribution in [0.2, 0.25) is 0 Å². The number of hydrogen-bond donors (Lipinski definition) is 2. The third-order valence-electron chi connectivity index (χ3n) is 6.60. The molecular weight excluding hydrogens is 370 g/mol. The Morgan fingerprint density at radius 1 is 1.24 bits per heavy atom. The zero-order valence-corrected chi connectivity index (χ0v) is 17.1. The molecule has 2 fully saturated rings. The van der Waals surface area contributed by atoms with Gasteiger partial charge in [-0.1, -0.05) is 0 Å². The number of nitrogens with zero attached hydrogens (tertiary/aromatic N) is 2. The van der Waals surface area contributed by atoms with Gasteiger partial charge in [0, 0.05) is 42.0 Å². The van der Waals surface area contributed by atoms with Crippen molar-refractivity contribution in [3.8, 4) is 5.75 Å². The fourth-order valence-corrected chi connectivity index (χ4v) is 5.37. The normalized spacial score (nSPS) is 26.6. The topological polar surface area (TPSA) is 85.9 Å². The SMILES string of the molecule is COc1ccc2c3c([nH]c2c1)[C@H](CC(C)(C)O)N1C(=O)[C@@H]2CCCN2C(=O)[C@H]1C3. The van der Waals surface area contributed by atoms with Gasteiger partial charge in [0.25, 0.3) is 0 Å². The number of benzene rings is 1. The number of ether oxygens (including phenoxy) is 1. The molecule has 2 N–H and O–H groups in total. The van der Waals surface area contributed by atoms with E-state index >= 15 is 0 Å². The highest BCUT2D eigenvalue weighted by molar-refractivity contribution is 5.99. The molecule has 7 nitrogen and oxygen atoms in total. The van der Waals surface area contributed by atoms with E-state index in [2.05, 4.69) is 4.98 Å². The predicted molar refractivity (Wildman–Crippen MR) is 108 cm³/mol. The van der Waals surface area contributed by atoms with Crippen molar-refractivity contribution in [1.82, 2.24) is 14.8 Å². The van der Waals surface area contributed by atoms with Crippen LogP contribution in [-0.2, 0) is 16.0 Å². The lowest BCUT2D eigenvalue weighted by Crippen LogP contribution is -2.65. The standard InChI is InChI=1S/C22H27N3O4/c1-22(2,28)11-18-19-14(13-7-6-12(29-3)9-15(13)23-19)10-17-20(26)24-8-4-5-16(24)21(27)25(17)18/h6-7,9,16-18,23,28H,4-5,8,10-11H2,1-3H3/t16-,17+,18-/m0/s1. The van der Waals surface area contributed by atoms with Crippen molar-refractivity contribution in [3.63, 3.8) is 0 Å². The Morgan fingerprint density at radius 3 is 2.76 bits per heavy atom. The maximum atomic E-state index is 13.4. The minimum absolute atomic E-state index is 0.0169. The quantitative estimate of drug-likeness (QED) is 0.831. The van der Waals surface area contributed by atoms with Crippen LogP contribution in [0.5, 0.6) is 5.75 Å². The molecule has 1 aromatic carbocycles. The van der Waals surface area contributed by atoms with E-state index in [9.17, 15) is 14.7 Å². The van der Waals surface area contributed by atoms with E-state index in [1.165, 1.54) is 0 Å². The van der Waals surface area contributed by atoms with E-state index in [4.69, 9.17) is 4.74 Å². The van der Waals surface area contributed by atoms with Gasteiger partial charge in [-0.15, -0.1) is 0 Å². The molecule has 29 heavy (non-hydrogen) atoms. The minimum atomic E-state index is -0.977. The maximum Gasteiger partial charge on any atom is 0.246 e. The second-order valence-corrected chi connectivity index (χ2v) is 9.12. The molecule has 0 bridgehead atoms. The van der Waals surface area contributed by atoms with Crippen LogP contribution in [0.1, 0.15) is 50.4 Å². The Balaban J connectivity index is 1.68. The van der Waals surface area contributed by atoms with Crippen LogP contribution >= 0.6 is 0 Å². The lowest BCUT2D eigenvalue weighted by atomic mass is 9.84. The number of piperazine rings is 1. The first-order valence-corrected chi connectivity index (χ1v) is 10.3. The summed E-state index contributed by atoms with van der Waals surface area (Å²) in [4.78, 5) is 33.7. The molecule has 2 aromatic rings. The fraction of sp³-hybridized carbons (Fsp3) is 0.545. The average molecular weight is 397 g/mol. The first kappa shape index (κ1) is 18.5. The van der Waals surface area contributed by atoms with Crippen molar-refractivity contribution in [2.45, 2.75) is 63.3 Å². The number of carbonyl (C=O) groups excluding carboxylic acids is 2. The lowest BCUT2D eigenvalue weighted by molar-refractivity contribution is -0.164. The Labute approximate surface area is 169 Å². The van der Waals surface area contributed by atoms with E-state index in [0.29, 0.717) is 19.4 Å². The number of fused-ring (bicyclic) bond motifs is 5. The second kappa shape index (κ2) is 6.23. The highest BCUT2D eigenvalue weighted by atomic mass is 16.5. The number of carbonyl (C=O) groups is 2. The molecular formula is C22H27N3O4. The Kier molecular flexibility index (Phi) is 3.97. The van der Waals surface area contributed by atoms with Gasteiger partial charge in [0.1, 0.15) is 17.8 Å². The van der Waals surface area contributed by atoms with Gasteiger partial charge < -0.3 is 24.6 Å². The summed E-state index contributed by atoms with van der Waals surface area (Å²) in [6, 6.07) is 4.65. The van der Waals surface area contributed by atoms with Crippen molar-refractivity contribution in [3.05, 3.63) is 29.5 Å². The number of methoxy groups -OCH3 is 1. The maximum absolute atomic E-state index is 13.4. The number of nitrogens with one attached hydrogen (secondary N) is 1. The highest BCUT2D eigenvalue weighted by Crippen LogP contribution is 2.44. The zero-order chi connectivity index (χ0) is 20.5. The van der Waals surface area contributed by atoms with E-state index in [-0.39, 0.29) is 23.9 Å². The number of aromatic amines is 1. The van der Waals surface area contributed by atoms with Crippen LogP contribution in [-0.4, -0.2) is 63.0 Å². The van der Waals surface area contributed by atoms with Crippen molar-refractivity contribution in [1.29, 1.82) is 0 Å². The van der Waals surface area contributed by atoms with Gasteiger partial charge in [0.05, 0.1) is 18.8 Å². The largest absolute Gasteiger partial charge is 0.497 e. The van der Waals surface area contributed by atoms with Crippen LogP contribution < -0.4 is 4.74 Å². The smallest absolute Gasteiger partial charge is 0.246 e. The molecule has 5 rings (SSSR count). The number of amides is 2. The van der Waals surface area contributed by atoms with Gasteiger partial charge in [-0.2, -0.15) is 0 Å². The Morgan fingerprint density at radius 2 is 2.03 bits per heavy atom. The number of aliphatic hydroxyl groups is 1. The predicted octanol–water partition coefficient (Wildman–Crippen LogP) is 2.14. The van der Waals surface area contributed by atoms with Gasteiger partial charge in [0.15, 0.2) is 0 Å². The molecule has 3 atom stereocenters. The molecule has 1 aromatic heterocycles. The third kappa shape index (κ3) is 2.74. The minimum Gasteiger partial charge on any atom is -0.497 e. The lowest BCUT2D eigenvalue weighted by Gasteiger charge is -2.49. The molecule has 0 aliphatic carbocycles. The van der Waals surface area contributed by atoms with Crippen molar-refractivity contribution in [2.75, 3.05) is 13.7 Å². The van der Waals surface area contributed by atoms with Crippen LogP contribution in [0.4, 0.5) is 0 Å². The molecule has 3 aliphatic heterocycles. The molecule has 0 radical (unpaired) electrons. The van der Waals surface area contributed by atoms with Crippen LogP contribution in [0.15, 0.2) is 18.2 Å². The van der Waals surface area contributed by atoms with Crippen molar-refractivity contribution >= 4 is 22.7 Å². The molecule has 0 saturated carbocycles. The summed E-state index contributed by atoms with van der Waals surface area (Å²) in [5.74, 6) is 0.810. The number of rotatable bonds is 3. The fourth-order valence-electron chi connectivity index (χ4n) is 5.37. The Bertz CT molecular complexity index is 1010. The van der Waals surface area contributed by atoms with Crippen LogP contribution in [0.3, 0.4) is 0 Å². The average Bonchev–Trinajstić information content (AvgIpc) is 3.29. The van der Waals surface area contributed by atoms with E-state index in [1.807, 2.05) is 18.2 Å². The van der Waals surface area contributed by atoms with Crippen molar-refractivity contribution in [2.24, 2.45) is 0 Å². The molecule has 4 heterocycles. The summed E-state index contributed by atoms with van der Waals surface area (Å²) >= 11 is 0. The summed E-state index contributed by atoms with van der Waals surface area (Å²) in [6.45, 7) is 4.16. The molecule has 154 valence electrons. The number of aromatic nitrogens is 1. The summed E-state index contributed by atoms with van der Waals surface area (Å²) in [7, 11) is 1.63. The third-order valence-corrected chi connectivity index (χ3v) is 6.60. The highest BCUT2D eigenvalue weighted by Gasteiger charge is 2.53. The second-order valence-electron chi connectivity index (χ2n) is 9.12. The molecule has 0 spiro atoms. The molecule has 3 aliphatic rings. The monoisotopic (exact) mass is 397 g/mol. The molecule has 2 saturated heterocycles. The summed E-state index contributed by atoms with van der Waals surface area (Å²) < 4.78 is 5.36. The molecule has 2 amide bonds. The molecule has 7 heteroatoms. The summed E-state index contributed by atoms with van der Waals surface area (Å²) in [5, 5.41) is 11.7.